The Morgan fingerprint density at radius 2 is 1.94 bits per heavy atom. The van der Waals surface area contributed by atoms with E-state index in [1.54, 1.807) is 0 Å². The Kier molecular flexibility index (Phi) is 6.48. The first-order valence-electron chi connectivity index (χ1n) is 5.79. The maximum Gasteiger partial charge on any atom is 0.0727 e. The fourth-order valence-electron chi connectivity index (χ4n) is 1.66. The van der Waals surface area contributed by atoms with Gasteiger partial charge in [0.25, 0.3) is 0 Å². The lowest BCUT2D eigenvalue weighted by Gasteiger charge is -2.16. The highest BCUT2D eigenvalue weighted by atomic mass is 35.5. The van der Waals surface area contributed by atoms with Crippen LogP contribution in [-0.2, 0) is 6.54 Å². The molecule has 0 bridgehead atoms. The van der Waals surface area contributed by atoms with Crippen LogP contribution in [0.15, 0.2) is 24.3 Å². The predicted octanol–water partition coefficient (Wildman–Crippen LogP) is 3.23. The summed E-state index contributed by atoms with van der Waals surface area (Å²) in [5.41, 5.74) is 6.74. The number of hydrogen-bond acceptors (Lipinski definition) is 2. The number of unbranched alkanes of at least 4 members (excludes halogenated alkanes) is 1. The third kappa shape index (κ3) is 6.61. The average Bonchev–Trinajstić information content (AvgIpc) is 2.27. The first-order valence-corrected chi connectivity index (χ1v) is 6.58. The Morgan fingerprint density at radius 1 is 1.29 bits per heavy atom. The van der Waals surface area contributed by atoms with Crippen molar-refractivity contribution >= 4 is 28.8 Å². The van der Waals surface area contributed by atoms with Crippen LogP contribution in [0.5, 0.6) is 0 Å². The molecule has 0 saturated carbocycles. The summed E-state index contributed by atoms with van der Waals surface area (Å²) in [6.45, 7) is 2.01. The van der Waals surface area contributed by atoms with E-state index in [1.165, 1.54) is 5.56 Å². The van der Waals surface area contributed by atoms with Gasteiger partial charge in [0.1, 0.15) is 0 Å². The molecule has 17 heavy (non-hydrogen) atoms. The number of nitrogens with two attached hydrogens (primary N) is 1. The van der Waals surface area contributed by atoms with Crippen LogP contribution >= 0.6 is 23.8 Å². The number of halogens is 1. The summed E-state index contributed by atoms with van der Waals surface area (Å²) in [6.07, 6.45) is 3.05. The van der Waals surface area contributed by atoms with Crippen molar-refractivity contribution in [2.24, 2.45) is 5.73 Å². The van der Waals surface area contributed by atoms with Crippen LogP contribution < -0.4 is 5.73 Å². The Labute approximate surface area is 114 Å². The van der Waals surface area contributed by atoms with Gasteiger partial charge in [0.05, 0.1) is 4.99 Å². The van der Waals surface area contributed by atoms with Crippen LogP contribution in [-0.4, -0.2) is 23.5 Å². The van der Waals surface area contributed by atoms with E-state index < -0.39 is 0 Å². The highest BCUT2D eigenvalue weighted by Crippen LogP contribution is 2.11. The zero-order valence-electron chi connectivity index (χ0n) is 10.2. The molecule has 2 nitrogen and oxygen atoms in total. The minimum Gasteiger partial charge on any atom is -0.393 e. The SMILES string of the molecule is CN(CCCCC(N)=S)Cc1ccc(Cl)cc1. The molecule has 2 N–H and O–H groups in total. The van der Waals surface area contributed by atoms with Gasteiger partial charge in [-0.15, -0.1) is 0 Å². The normalized spacial score (nSPS) is 10.8. The number of thiocarbonyl (C=S) groups is 1. The lowest BCUT2D eigenvalue weighted by atomic mass is 10.2. The Bertz CT molecular complexity index is 351. The summed E-state index contributed by atoms with van der Waals surface area (Å²) in [6, 6.07) is 7.98. The minimum absolute atomic E-state index is 0.616. The molecule has 0 amide bonds. The highest BCUT2D eigenvalue weighted by molar-refractivity contribution is 7.80. The van der Waals surface area contributed by atoms with Crippen LogP contribution in [0.2, 0.25) is 5.02 Å². The number of rotatable bonds is 7. The molecule has 0 aliphatic rings. The van der Waals surface area contributed by atoms with Gasteiger partial charge in [-0.2, -0.15) is 0 Å². The third-order valence-corrected chi connectivity index (χ3v) is 3.03. The summed E-state index contributed by atoms with van der Waals surface area (Å²) < 4.78 is 0. The molecule has 0 heterocycles. The van der Waals surface area contributed by atoms with E-state index in [2.05, 4.69) is 24.1 Å². The van der Waals surface area contributed by atoms with Crippen molar-refractivity contribution in [3.63, 3.8) is 0 Å². The standard InChI is InChI=1S/C13H19ClN2S/c1-16(9-3-2-4-13(15)17)10-11-5-7-12(14)8-6-11/h5-8H,2-4,9-10H2,1H3,(H2,15,17). The summed E-state index contributed by atoms with van der Waals surface area (Å²) in [5.74, 6) is 0. The van der Waals surface area contributed by atoms with Crippen LogP contribution in [0.4, 0.5) is 0 Å². The van der Waals surface area contributed by atoms with Gasteiger partial charge in [-0.05, 0) is 50.6 Å². The van der Waals surface area contributed by atoms with Crippen LogP contribution in [0.25, 0.3) is 0 Å². The molecular weight excluding hydrogens is 252 g/mol. The van der Waals surface area contributed by atoms with Crippen molar-refractivity contribution < 1.29 is 0 Å². The number of hydrogen-bond donors (Lipinski definition) is 1. The Morgan fingerprint density at radius 3 is 2.53 bits per heavy atom. The van der Waals surface area contributed by atoms with Crippen molar-refractivity contribution in [3.8, 4) is 0 Å². The molecule has 0 unspecified atom stereocenters. The molecule has 0 aromatic heterocycles. The maximum absolute atomic E-state index is 5.84. The highest BCUT2D eigenvalue weighted by Gasteiger charge is 2.00. The van der Waals surface area contributed by atoms with Crippen molar-refractivity contribution in [3.05, 3.63) is 34.9 Å². The van der Waals surface area contributed by atoms with Gasteiger partial charge >= 0.3 is 0 Å². The molecule has 0 saturated heterocycles. The van der Waals surface area contributed by atoms with Gasteiger partial charge in [0.15, 0.2) is 0 Å². The molecule has 0 fully saturated rings. The topological polar surface area (TPSA) is 29.3 Å². The quantitative estimate of drug-likeness (QED) is 0.609. The lowest BCUT2D eigenvalue weighted by molar-refractivity contribution is 0.319. The largest absolute Gasteiger partial charge is 0.393 e. The second kappa shape index (κ2) is 7.64. The molecule has 94 valence electrons. The fourth-order valence-corrected chi connectivity index (χ4v) is 1.93. The van der Waals surface area contributed by atoms with E-state index in [-0.39, 0.29) is 0 Å². The lowest BCUT2D eigenvalue weighted by Crippen LogP contribution is -2.19. The second-order valence-electron chi connectivity index (χ2n) is 4.29. The molecule has 0 radical (unpaired) electrons. The van der Waals surface area contributed by atoms with E-state index in [9.17, 15) is 0 Å². The molecule has 0 aliphatic heterocycles. The van der Waals surface area contributed by atoms with Gasteiger partial charge in [-0.25, -0.2) is 0 Å². The molecule has 0 spiro atoms. The molecule has 0 atom stereocenters. The maximum atomic E-state index is 5.84. The third-order valence-electron chi connectivity index (χ3n) is 2.58. The van der Waals surface area contributed by atoms with Crippen molar-refractivity contribution in [2.45, 2.75) is 25.8 Å². The van der Waals surface area contributed by atoms with Gasteiger partial charge in [0.2, 0.25) is 0 Å². The predicted molar refractivity (Wildman–Crippen MR) is 78.4 cm³/mol. The van der Waals surface area contributed by atoms with Crippen molar-refractivity contribution in [1.29, 1.82) is 0 Å². The number of benzene rings is 1. The minimum atomic E-state index is 0.616. The summed E-state index contributed by atoms with van der Waals surface area (Å²) >= 11 is 10.7. The molecule has 4 heteroatoms. The van der Waals surface area contributed by atoms with E-state index in [4.69, 9.17) is 29.6 Å². The van der Waals surface area contributed by atoms with Crippen LogP contribution in [0, 0.1) is 0 Å². The van der Waals surface area contributed by atoms with Crippen LogP contribution in [0.1, 0.15) is 24.8 Å². The Hall–Kier alpha value is -0.640. The van der Waals surface area contributed by atoms with E-state index in [1.807, 2.05) is 12.1 Å². The van der Waals surface area contributed by atoms with Gasteiger partial charge < -0.3 is 10.6 Å². The zero-order valence-corrected chi connectivity index (χ0v) is 11.7. The first kappa shape index (κ1) is 14.4. The van der Waals surface area contributed by atoms with Gasteiger partial charge in [0, 0.05) is 11.6 Å². The van der Waals surface area contributed by atoms with Gasteiger partial charge in [-0.1, -0.05) is 36.0 Å². The smallest absolute Gasteiger partial charge is 0.0727 e. The average molecular weight is 271 g/mol. The summed E-state index contributed by atoms with van der Waals surface area (Å²) in [5, 5.41) is 0.785. The summed E-state index contributed by atoms with van der Waals surface area (Å²) in [7, 11) is 2.12. The first-order chi connectivity index (χ1) is 8.08. The van der Waals surface area contributed by atoms with Gasteiger partial charge in [-0.3, -0.25) is 0 Å². The number of nitrogens with zero attached hydrogens (tertiary/aromatic N) is 1. The van der Waals surface area contributed by atoms with E-state index in [0.717, 1.165) is 37.4 Å². The van der Waals surface area contributed by atoms with Crippen molar-refractivity contribution in [2.75, 3.05) is 13.6 Å². The Balaban J connectivity index is 2.22. The molecular formula is C13H19ClN2S. The van der Waals surface area contributed by atoms with Crippen molar-refractivity contribution in [1.82, 2.24) is 4.90 Å². The summed E-state index contributed by atoms with van der Waals surface area (Å²) in [4.78, 5) is 2.91. The fraction of sp³-hybridized carbons (Fsp3) is 0.462. The monoisotopic (exact) mass is 270 g/mol. The second-order valence-corrected chi connectivity index (χ2v) is 5.25. The molecule has 1 rings (SSSR count). The van der Waals surface area contributed by atoms with E-state index in [0.29, 0.717) is 4.99 Å². The molecule has 1 aromatic carbocycles. The molecule has 1 aromatic rings. The zero-order chi connectivity index (χ0) is 12.7. The van der Waals surface area contributed by atoms with E-state index >= 15 is 0 Å². The van der Waals surface area contributed by atoms with Crippen LogP contribution in [0.3, 0.4) is 0 Å². The molecule has 0 aliphatic carbocycles.